The van der Waals surface area contributed by atoms with Gasteiger partial charge < -0.3 is 10.6 Å². The van der Waals surface area contributed by atoms with E-state index in [-0.39, 0.29) is 5.91 Å². The summed E-state index contributed by atoms with van der Waals surface area (Å²) in [6.45, 7) is 6.41. The highest BCUT2D eigenvalue weighted by molar-refractivity contribution is 5.73. The molecule has 0 spiro atoms. The number of carbonyl (C=O) groups excluding carboxylic acids is 1. The minimum absolute atomic E-state index is 0.192. The van der Waals surface area contributed by atoms with Crippen LogP contribution in [0.4, 0.5) is 0 Å². The zero-order valence-electron chi connectivity index (χ0n) is 11.4. The van der Waals surface area contributed by atoms with Crippen molar-refractivity contribution >= 4 is 5.91 Å². The fourth-order valence-electron chi connectivity index (χ4n) is 2.49. The van der Waals surface area contributed by atoms with Crippen molar-refractivity contribution in [3.63, 3.8) is 0 Å². The SMILES string of the molecule is NC(=O)CCCN1CCN(Cc2ccccc2)CC1. The lowest BCUT2D eigenvalue weighted by atomic mass is 10.2. The van der Waals surface area contributed by atoms with Crippen LogP contribution in [0.3, 0.4) is 0 Å². The smallest absolute Gasteiger partial charge is 0.217 e. The highest BCUT2D eigenvalue weighted by Crippen LogP contribution is 2.08. The van der Waals surface area contributed by atoms with Gasteiger partial charge in [-0.2, -0.15) is 0 Å². The Bertz CT molecular complexity index is 386. The van der Waals surface area contributed by atoms with Crippen LogP contribution in [0.1, 0.15) is 18.4 Å². The van der Waals surface area contributed by atoms with E-state index in [9.17, 15) is 4.79 Å². The Morgan fingerprint density at radius 2 is 1.68 bits per heavy atom. The second kappa shape index (κ2) is 7.26. The average Bonchev–Trinajstić information content (AvgIpc) is 2.42. The first-order valence-electron chi connectivity index (χ1n) is 7.01. The molecular formula is C15H23N3O. The first-order valence-corrected chi connectivity index (χ1v) is 7.01. The van der Waals surface area contributed by atoms with Crippen molar-refractivity contribution in [2.24, 2.45) is 5.73 Å². The van der Waals surface area contributed by atoms with Gasteiger partial charge >= 0.3 is 0 Å². The number of carbonyl (C=O) groups is 1. The Labute approximate surface area is 115 Å². The van der Waals surface area contributed by atoms with Crippen LogP contribution >= 0.6 is 0 Å². The molecule has 104 valence electrons. The molecule has 0 bridgehead atoms. The molecule has 2 rings (SSSR count). The van der Waals surface area contributed by atoms with E-state index in [1.165, 1.54) is 5.56 Å². The summed E-state index contributed by atoms with van der Waals surface area (Å²) in [6, 6.07) is 10.6. The molecule has 2 N–H and O–H groups in total. The minimum Gasteiger partial charge on any atom is -0.370 e. The molecule has 4 heteroatoms. The van der Waals surface area contributed by atoms with Gasteiger partial charge in [0.1, 0.15) is 0 Å². The van der Waals surface area contributed by atoms with Gasteiger partial charge in [-0.05, 0) is 18.5 Å². The summed E-state index contributed by atoms with van der Waals surface area (Å²) < 4.78 is 0. The summed E-state index contributed by atoms with van der Waals surface area (Å²) in [5, 5.41) is 0. The van der Waals surface area contributed by atoms with Crippen LogP contribution < -0.4 is 5.73 Å². The molecule has 1 amide bonds. The second-order valence-corrected chi connectivity index (χ2v) is 5.17. The van der Waals surface area contributed by atoms with Crippen molar-refractivity contribution in [2.75, 3.05) is 32.7 Å². The molecule has 1 aliphatic heterocycles. The van der Waals surface area contributed by atoms with Gasteiger partial charge in [0.2, 0.25) is 5.91 Å². The molecule has 1 aromatic carbocycles. The average molecular weight is 261 g/mol. The maximum Gasteiger partial charge on any atom is 0.217 e. The van der Waals surface area contributed by atoms with Crippen LogP contribution in [0.25, 0.3) is 0 Å². The third-order valence-corrected chi connectivity index (χ3v) is 3.61. The van der Waals surface area contributed by atoms with Crippen molar-refractivity contribution in [1.29, 1.82) is 0 Å². The number of benzene rings is 1. The number of piperazine rings is 1. The highest BCUT2D eigenvalue weighted by Gasteiger charge is 2.16. The van der Waals surface area contributed by atoms with Gasteiger partial charge in [0, 0.05) is 39.1 Å². The number of hydrogen-bond acceptors (Lipinski definition) is 3. The molecule has 0 atom stereocenters. The van der Waals surface area contributed by atoms with E-state index in [1.54, 1.807) is 0 Å². The Morgan fingerprint density at radius 1 is 1.05 bits per heavy atom. The summed E-state index contributed by atoms with van der Waals surface area (Å²) in [5.74, 6) is -0.192. The summed E-state index contributed by atoms with van der Waals surface area (Å²) in [5.41, 5.74) is 6.53. The van der Waals surface area contributed by atoms with E-state index < -0.39 is 0 Å². The number of primary amides is 1. The van der Waals surface area contributed by atoms with Gasteiger partial charge in [0.15, 0.2) is 0 Å². The van der Waals surface area contributed by atoms with E-state index in [1.807, 2.05) is 0 Å². The fraction of sp³-hybridized carbons (Fsp3) is 0.533. The highest BCUT2D eigenvalue weighted by atomic mass is 16.1. The fourth-order valence-corrected chi connectivity index (χ4v) is 2.49. The van der Waals surface area contributed by atoms with E-state index in [4.69, 9.17) is 5.73 Å². The van der Waals surface area contributed by atoms with Crippen molar-refractivity contribution in [1.82, 2.24) is 9.80 Å². The van der Waals surface area contributed by atoms with Crippen molar-refractivity contribution in [2.45, 2.75) is 19.4 Å². The molecule has 0 radical (unpaired) electrons. The number of nitrogens with two attached hydrogens (primary N) is 1. The predicted octanol–water partition coefficient (Wildman–Crippen LogP) is 1.07. The maximum absolute atomic E-state index is 10.7. The lowest BCUT2D eigenvalue weighted by Crippen LogP contribution is -2.46. The van der Waals surface area contributed by atoms with E-state index in [0.29, 0.717) is 6.42 Å². The van der Waals surface area contributed by atoms with E-state index >= 15 is 0 Å². The van der Waals surface area contributed by atoms with Crippen LogP contribution in [0.5, 0.6) is 0 Å². The standard InChI is InChI=1S/C15H23N3O/c16-15(19)7-4-8-17-9-11-18(12-10-17)13-14-5-2-1-3-6-14/h1-3,5-6H,4,7-13H2,(H2,16,19). The quantitative estimate of drug-likeness (QED) is 0.833. The molecule has 19 heavy (non-hydrogen) atoms. The van der Waals surface area contributed by atoms with Crippen molar-refractivity contribution < 1.29 is 4.79 Å². The number of rotatable bonds is 6. The zero-order chi connectivity index (χ0) is 13.5. The molecule has 1 saturated heterocycles. The summed E-state index contributed by atoms with van der Waals surface area (Å²) >= 11 is 0. The van der Waals surface area contributed by atoms with Crippen molar-refractivity contribution in [3.8, 4) is 0 Å². The Hall–Kier alpha value is -1.39. The van der Waals surface area contributed by atoms with E-state index in [0.717, 1.165) is 45.7 Å². The van der Waals surface area contributed by atoms with Crippen molar-refractivity contribution in [3.05, 3.63) is 35.9 Å². The molecule has 1 heterocycles. The van der Waals surface area contributed by atoms with Gasteiger partial charge in [-0.1, -0.05) is 30.3 Å². The third-order valence-electron chi connectivity index (χ3n) is 3.61. The summed E-state index contributed by atoms with van der Waals surface area (Å²) in [4.78, 5) is 15.6. The number of amides is 1. The lowest BCUT2D eigenvalue weighted by molar-refractivity contribution is -0.118. The van der Waals surface area contributed by atoms with Gasteiger partial charge in [-0.25, -0.2) is 0 Å². The molecule has 1 fully saturated rings. The van der Waals surface area contributed by atoms with E-state index in [2.05, 4.69) is 40.1 Å². The summed E-state index contributed by atoms with van der Waals surface area (Å²) in [7, 11) is 0. The number of nitrogens with zero attached hydrogens (tertiary/aromatic N) is 2. The second-order valence-electron chi connectivity index (χ2n) is 5.17. The Balaban J connectivity index is 1.66. The molecule has 0 aromatic heterocycles. The lowest BCUT2D eigenvalue weighted by Gasteiger charge is -2.34. The first-order chi connectivity index (χ1) is 9.24. The van der Waals surface area contributed by atoms with Gasteiger partial charge in [0.25, 0.3) is 0 Å². The normalized spacial score (nSPS) is 17.5. The first kappa shape index (κ1) is 14.0. The third kappa shape index (κ3) is 5.01. The zero-order valence-corrected chi connectivity index (χ0v) is 11.4. The Morgan fingerprint density at radius 3 is 2.32 bits per heavy atom. The maximum atomic E-state index is 10.7. The van der Waals surface area contributed by atoms with Gasteiger partial charge in [-0.15, -0.1) is 0 Å². The van der Waals surface area contributed by atoms with Crippen LogP contribution in [0.15, 0.2) is 30.3 Å². The molecule has 0 aliphatic carbocycles. The topological polar surface area (TPSA) is 49.6 Å². The van der Waals surface area contributed by atoms with Gasteiger partial charge in [0.05, 0.1) is 0 Å². The van der Waals surface area contributed by atoms with Crippen LogP contribution in [0, 0.1) is 0 Å². The van der Waals surface area contributed by atoms with Crippen LogP contribution in [-0.4, -0.2) is 48.4 Å². The molecular weight excluding hydrogens is 238 g/mol. The molecule has 0 unspecified atom stereocenters. The monoisotopic (exact) mass is 261 g/mol. The molecule has 1 aliphatic rings. The number of hydrogen-bond donors (Lipinski definition) is 1. The Kier molecular flexibility index (Phi) is 5.36. The predicted molar refractivity (Wildman–Crippen MR) is 76.6 cm³/mol. The van der Waals surface area contributed by atoms with Crippen LogP contribution in [-0.2, 0) is 11.3 Å². The minimum atomic E-state index is -0.192. The largest absolute Gasteiger partial charge is 0.370 e. The summed E-state index contributed by atoms with van der Waals surface area (Å²) in [6.07, 6.45) is 1.39. The molecule has 0 saturated carbocycles. The van der Waals surface area contributed by atoms with Crippen LogP contribution in [0.2, 0.25) is 0 Å². The molecule has 1 aromatic rings. The molecule has 4 nitrogen and oxygen atoms in total. The van der Waals surface area contributed by atoms with Gasteiger partial charge in [-0.3, -0.25) is 9.69 Å².